The number of benzene rings is 1. The topological polar surface area (TPSA) is 61.1 Å². The van der Waals surface area contributed by atoms with Crippen molar-refractivity contribution in [3.05, 3.63) is 42.4 Å². The number of carbonyl (C=O) groups excluding carboxylic acids is 1. The average molecular weight is 284 g/mol. The van der Waals surface area contributed by atoms with E-state index in [4.69, 9.17) is 4.74 Å². The number of nitrogens with zero attached hydrogens (tertiary/aromatic N) is 3. The van der Waals surface area contributed by atoms with E-state index in [9.17, 15) is 4.79 Å². The lowest BCUT2D eigenvalue weighted by molar-refractivity contribution is 0.102. The molecule has 6 heteroatoms. The van der Waals surface area contributed by atoms with Gasteiger partial charge in [-0.25, -0.2) is 0 Å². The van der Waals surface area contributed by atoms with Gasteiger partial charge in [0.2, 0.25) is 0 Å². The number of amides is 1. The third kappa shape index (κ3) is 2.24. The highest BCUT2D eigenvalue weighted by Crippen LogP contribution is 2.28. The standard InChI is InChI=1S/C15H16N4O2/c1-18-9-10(8-16-18)17-15(20)13-7-11-12(19(13)2)5-4-6-14(11)21-3/h4-9H,1-3H3,(H,17,20). The van der Waals surface area contributed by atoms with Gasteiger partial charge in [0, 0.05) is 25.7 Å². The van der Waals surface area contributed by atoms with Crippen molar-refractivity contribution in [2.75, 3.05) is 12.4 Å². The summed E-state index contributed by atoms with van der Waals surface area (Å²) < 4.78 is 8.83. The highest BCUT2D eigenvalue weighted by Gasteiger charge is 2.16. The van der Waals surface area contributed by atoms with E-state index in [0.29, 0.717) is 11.4 Å². The van der Waals surface area contributed by atoms with Gasteiger partial charge in [0.05, 0.1) is 24.5 Å². The van der Waals surface area contributed by atoms with Crippen LogP contribution in [0.3, 0.4) is 0 Å². The molecule has 3 rings (SSSR count). The second-order valence-corrected chi connectivity index (χ2v) is 4.84. The number of aryl methyl sites for hydroxylation is 2. The van der Waals surface area contributed by atoms with Crippen LogP contribution < -0.4 is 10.1 Å². The Morgan fingerprint density at radius 2 is 2.14 bits per heavy atom. The van der Waals surface area contributed by atoms with Gasteiger partial charge in [-0.15, -0.1) is 0 Å². The van der Waals surface area contributed by atoms with Gasteiger partial charge in [0.15, 0.2) is 0 Å². The molecule has 0 aliphatic heterocycles. The zero-order valence-electron chi connectivity index (χ0n) is 12.1. The van der Waals surface area contributed by atoms with Crippen LogP contribution >= 0.6 is 0 Å². The maximum absolute atomic E-state index is 12.4. The summed E-state index contributed by atoms with van der Waals surface area (Å²) in [5.74, 6) is 0.576. The van der Waals surface area contributed by atoms with Crippen molar-refractivity contribution in [3.63, 3.8) is 0 Å². The molecule has 1 N–H and O–H groups in total. The molecule has 21 heavy (non-hydrogen) atoms. The lowest BCUT2D eigenvalue weighted by Gasteiger charge is -2.04. The Morgan fingerprint density at radius 1 is 1.33 bits per heavy atom. The van der Waals surface area contributed by atoms with Gasteiger partial charge >= 0.3 is 0 Å². The monoisotopic (exact) mass is 284 g/mol. The minimum atomic E-state index is -0.177. The molecule has 2 heterocycles. The molecule has 6 nitrogen and oxygen atoms in total. The van der Waals surface area contributed by atoms with Crippen LogP contribution in [0.15, 0.2) is 36.7 Å². The molecular formula is C15H16N4O2. The quantitative estimate of drug-likeness (QED) is 0.802. The summed E-state index contributed by atoms with van der Waals surface area (Å²) in [4.78, 5) is 12.4. The molecule has 0 radical (unpaired) electrons. The molecule has 1 amide bonds. The first-order valence-electron chi connectivity index (χ1n) is 6.52. The minimum absolute atomic E-state index is 0.177. The summed E-state index contributed by atoms with van der Waals surface area (Å²) in [5, 5.41) is 7.78. The SMILES string of the molecule is COc1cccc2c1cc(C(=O)Nc1cnn(C)c1)n2C. The van der Waals surface area contributed by atoms with Crippen molar-refractivity contribution in [2.24, 2.45) is 14.1 Å². The van der Waals surface area contributed by atoms with Gasteiger partial charge in [0.25, 0.3) is 5.91 Å². The first-order chi connectivity index (χ1) is 10.1. The molecule has 0 aliphatic rings. The summed E-state index contributed by atoms with van der Waals surface area (Å²) in [7, 11) is 5.29. The first-order valence-corrected chi connectivity index (χ1v) is 6.52. The van der Waals surface area contributed by atoms with Crippen LogP contribution in [0.25, 0.3) is 10.9 Å². The van der Waals surface area contributed by atoms with Crippen molar-refractivity contribution in [2.45, 2.75) is 0 Å². The second-order valence-electron chi connectivity index (χ2n) is 4.84. The predicted octanol–water partition coefficient (Wildman–Crippen LogP) is 2.17. The predicted molar refractivity (Wildman–Crippen MR) is 80.6 cm³/mol. The Labute approximate surface area is 121 Å². The number of hydrogen-bond donors (Lipinski definition) is 1. The summed E-state index contributed by atoms with van der Waals surface area (Å²) in [6.07, 6.45) is 3.36. The molecule has 2 aromatic heterocycles. The molecule has 0 saturated carbocycles. The van der Waals surface area contributed by atoms with E-state index in [1.54, 1.807) is 31.2 Å². The van der Waals surface area contributed by atoms with Crippen LogP contribution in [0.4, 0.5) is 5.69 Å². The smallest absolute Gasteiger partial charge is 0.272 e. The fourth-order valence-electron chi connectivity index (χ4n) is 2.41. The number of aromatic nitrogens is 3. The Morgan fingerprint density at radius 3 is 2.81 bits per heavy atom. The van der Waals surface area contributed by atoms with Crippen molar-refractivity contribution in [1.82, 2.24) is 14.3 Å². The number of nitrogens with one attached hydrogen (secondary N) is 1. The fraction of sp³-hybridized carbons (Fsp3) is 0.200. The molecule has 0 atom stereocenters. The average Bonchev–Trinajstić information content (AvgIpc) is 3.03. The highest BCUT2D eigenvalue weighted by atomic mass is 16.5. The van der Waals surface area contributed by atoms with Crippen molar-refractivity contribution in [3.8, 4) is 5.75 Å². The summed E-state index contributed by atoms with van der Waals surface area (Å²) in [6.45, 7) is 0. The minimum Gasteiger partial charge on any atom is -0.496 e. The Kier molecular flexibility index (Phi) is 3.13. The zero-order chi connectivity index (χ0) is 15.0. The van der Waals surface area contributed by atoms with Gasteiger partial charge < -0.3 is 14.6 Å². The highest BCUT2D eigenvalue weighted by molar-refractivity contribution is 6.07. The number of fused-ring (bicyclic) bond motifs is 1. The summed E-state index contributed by atoms with van der Waals surface area (Å²) in [6, 6.07) is 7.58. The Bertz CT molecular complexity index is 816. The third-order valence-electron chi connectivity index (χ3n) is 3.46. The van der Waals surface area contributed by atoms with E-state index in [-0.39, 0.29) is 5.91 Å². The summed E-state index contributed by atoms with van der Waals surface area (Å²) in [5.41, 5.74) is 2.18. The third-order valence-corrected chi connectivity index (χ3v) is 3.46. The van der Waals surface area contributed by atoms with Crippen molar-refractivity contribution in [1.29, 1.82) is 0 Å². The molecule has 0 spiro atoms. The van der Waals surface area contributed by atoms with E-state index in [0.717, 1.165) is 16.7 Å². The number of methoxy groups -OCH3 is 1. The molecule has 1 aromatic carbocycles. The number of carbonyl (C=O) groups is 1. The fourth-order valence-corrected chi connectivity index (χ4v) is 2.41. The van der Waals surface area contributed by atoms with Crippen LogP contribution in [-0.4, -0.2) is 27.4 Å². The normalized spacial score (nSPS) is 10.8. The van der Waals surface area contributed by atoms with Crippen LogP contribution in [0, 0.1) is 0 Å². The number of hydrogen-bond acceptors (Lipinski definition) is 3. The van der Waals surface area contributed by atoms with E-state index >= 15 is 0 Å². The number of anilines is 1. The van der Waals surface area contributed by atoms with Crippen LogP contribution in [0.5, 0.6) is 5.75 Å². The number of ether oxygens (including phenoxy) is 1. The van der Waals surface area contributed by atoms with E-state index in [1.165, 1.54) is 0 Å². The molecule has 108 valence electrons. The molecule has 0 unspecified atom stereocenters. The maximum Gasteiger partial charge on any atom is 0.272 e. The van der Waals surface area contributed by atoms with Crippen molar-refractivity contribution < 1.29 is 9.53 Å². The van der Waals surface area contributed by atoms with E-state index in [1.807, 2.05) is 35.9 Å². The second kappa shape index (κ2) is 4.97. The largest absolute Gasteiger partial charge is 0.496 e. The lowest BCUT2D eigenvalue weighted by atomic mass is 10.2. The van der Waals surface area contributed by atoms with Gasteiger partial charge in [-0.3, -0.25) is 9.48 Å². The zero-order valence-corrected chi connectivity index (χ0v) is 12.1. The lowest BCUT2D eigenvalue weighted by Crippen LogP contribution is -2.15. The Balaban J connectivity index is 2.00. The van der Waals surface area contributed by atoms with Crippen LogP contribution in [0.1, 0.15) is 10.5 Å². The Hall–Kier alpha value is -2.76. The van der Waals surface area contributed by atoms with E-state index < -0.39 is 0 Å². The number of rotatable bonds is 3. The van der Waals surface area contributed by atoms with Crippen LogP contribution in [-0.2, 0) is 14.1 Å². The van der Waals surface area contributed by atoms with Crippen LogP contribution in [0.2, 0.25) is 0 Å². The molecular weight excluding hydrogens is 268 g/mol. The molecule has 0 bridgehead atoms. The molecule has 0 fully saturated rings. The first kappa shape index (κ1) is 13.2. The van der Waals surface area contributed by atoms with Gasteiger partial charge in [0.1, 0.15) is 11.4 Å². The molecule has 3 aromatic rings. The van der Waals surface area contributed by atoms with Gasteiger partial charge in [-0.1, -0.05) is 6.07 Å². The van der Waals surface area contributed by atoms with Gasteiger partial charge in [-0.05, 0) is 18.2 Å². The van der Waals surface area contributed by atoms with E-state index in [2.05, 4.69) is 10.4 Å². The molecule has 0 aliphatic carbocycles. The van der Waals surface area contributed by atoms with Crippen molar-refractivity contribution >= 4 is 22.5 Å². The van der Waals surface area contributed by atoms with Gasteiger partial charge in [-0.2, -0.15) is 5.10 Å². The molecule has 0 saturated heterocycles. The summed E-state index contributed by atoms with van der Waals surface area (Å²) >= 11 is 0. The maximum atomic E-state index is 12.4.